The van der Waals surface area contributed by atoms with Crippen LogP contribution >= 0.6 is 0 Å². The van der Waals surface area contributed by atoms with E-state index in [2.05, 4.69) is 16.3 Å². The zero-order valence-electron chi connectivity index (χ0n) is 14.1. The van der Waals surface area contributed by atoms with Gasteiger partial charge in [0.2, 0.25) is 0 Å². The van der Waals surface area contributed by atoms with Crippen LogP contribution < -0.4 is 10.2 Å². The molecule has 23 heavy (non-hydrogen) atoms. The first-order valence-corrected chi connectivity index (χ1v) is 8.60. The first kappa shape index (κ1) is 16.1. The Bertz CT molecular complexity index is 562. The van der Waals surface area contributed by atoms with Crippen LogP contribution in [0.25, 0.3) is 0 Å². The van der Waals surface area contributed by atoms with E-state index in [1.54, 1.807) is 18.7 Å². The van der Waals surface area contributed by atoms with Crippen molar-refractivity contribution in [2.24, 2.45) is 0 Å². The van der Waals surface area contributed by atoms with Crippen LogP contribution in [0, 0.1) is 0 Å². The molecule has 0 radical (unpaired) electrons. The molecule has 3 rings (SSSR count). The first-order valence-electron chi connectivity index (χ1n) is 8.60. The van der Waals surface area contributed by atoms with Gasteiger partial charge in [-0.05, 0) is 57.7 Å². The van der Waals surface area contributed by atoms with Crippen molar-refractivity contribution in [3.05, 3.63) is 24.3 Å². The third-order valence-electron chi connectivity index (χ3n) is 4.90. The molecule has 0 bridgehead atoms. The highest BCUT2D eigenvalue weighted by molar-refractivity contribution is 5.90. The van der Waals surface area contributed by atoms with E-state index in [0.29, 0.717) is 6.54 Å². The number of nitrogens with one attached hydrogen (secondary N) is 1. The van der Waals surface area contributed by atoms with Crippen molar-refractivity contribution >= 4 is 17.4 Å². The Labute approximate surface area is 138 Å². The highest BCUT2D eigenvalue weighted by atomic mass is 16.3. The molecule has 5 heteroatoms. The molecule has 0 aromatic heterocycles. The van der Waals surface area contributed by atoms with Crippen molar-refractivity contribution in [1.82, 2.24) is 4.90 Å². The number of hydrogen-bond donors (Lipinski definition) is 2. The van der Waals surface area contributed by atoms with Crippen LogP contribution in [-0.2, 0) is 0 Å². The summed E-state index contributed by atoms with van der Waals surface area (Å²) < 4.78 is 0. The topological polar surface area (TPSA) is 55.8 Å². The average molecular weight is 317 g/mol. The van der Waals surface area contributed by atoms with Gasteiger partial charge in [0.25, 0.3) is 0 Å². The molecule has 0 spiro atoms. The van der Waals surface area contributed by atoms with E-state index in [4.69, 9.17) is 0 Å². The summed E-state index contributed by atoms with van der Waals surface area (Å²) in [4.78, 5) is 16.7. The van der Waals surface area contributed by atoms with Crippen LogP contribution in [0.15, 0.2) is 24.3 Å². The summed E-state index contributed by atoms with van der Waals surface area (Å²) in [6, 6.07) is 7.81. The second-order valence-electron chi connectivity index (χ2n) is 7.18. The minimum Gasteiger partial charge on any atom is -0.388 e. The molecule has 1 aromatic carbocycles. The molecule has 0 saturated carbocycles. The van der Waals surface area contributed by atoms with Gasteiger partial charge in [0.05, 0.1) is 11.6 Å². The molecular formula is C18H27N3O2. The number of hydrogen-bond acceptors (Lipinski definition) is 3. The van der Waals surface area contributed by atoms with E-state index < -0.39 is 5.60 Å². The zero-order valence-corrected chi connectivity index (χ0v) is 14.1. The molecule has 2 saturated heterocycles. The van der Waals surface area contributed by atoms with E-state index in [9.17, 15) is 9.90 Å². The van der Waals surface area contributed by atoms with Gasteiger partial charge in [-0.2, -0.15) is 0 Å². The maximum Gasteiger partial charge on any atom is 0.322 e. The summed E-state index contributed by atoms with van der Waals surface area (Å²) in [5, 5.41) is 13.3. The number of carbonyl (C=O) groups excluding carboxylic acids is 1. The van der Waals surface area contributed by atoms with Crippen LogP contribution in [0.5, 0.6) is 0 Å². The first-order chi connectivity index (χ1) is 10.9. The molecule has 1 aromatic rings. The Morgan fingerprint density at radius 3 is 2.65 bits per heavy atom. The smallest absolute Gasteiger partial charge is 0.322 e. The summed E-state index contributed by atoms with van der Waals surface area (Å²) >= 11 is 0. The van der Waals surface area contributed by atoms with Crippen molar-refractivity contribution in [3.63, 3.8) is 0 Å². The molecule has 2 amide bonds. The number of nitrogens with zero attached hydrogens (tertiary/aromatic N) is 2. The minimum atomic E-state index is -0.870. The normalized spacial score (nSPS) is 21.8. The number of benzene rings is 1. The second kappa shape index (κ2) is 6.40. The molecule has 1 unspecified atom stereocenters. The molecule has 2 aliphatic rings. The third-order valence-corrected chi connectivity index (χ3v) is 4.90. The maximum atomic E-state index is 12.6. The number of urea groups is 1. The number of amides is 2. The Balaban J connectivity index is 1.69. The van der Waals surface area contributed by atoms with Crippen molar-refractivity contribution in [2.75, 3.05) is 29.9 Å². The highest BCUT2D eigenvalue weighted by Gasteiger charge is 2.38. The lowest BCUT2D eigenvalue weighted by Crippen LogP contribution is -2.49. The SMILES string of the molecule is CC(C)(O)C1CCCN1C(=O)Nc1cccc(N2CCCC2)c1. The van der Waals surface area contributed by atoms with Gasteiger partial charge in [-0.1, -0.05) is 6.07 Å². The molecule has 0 aliphatic carbocycles. The zero-order chi connectivity index (χ0) is 16.4. The second-order valence-corrected chi connectivity index (χ2v) is 7.18. The summed E-state index contributed by atoms with van der Waals surface area (Å²) in [5.74, 6) is 0. The van der Waals surface area contributed by atoms with Crippen molar-refractivity contribution < 1.29 is 9.90 Å². The van der Waals surface area contributed by atoms with Gasteiger partial charge in [-0.25, -0.2) is 4.79 Å². The fraction of sp³-hybridized carbons (Fsp3) is 0.611. The van der Waals surface area contributed by atoms with Crippen molar-refractivity contribution in [3.8, 4) is 0 Å². The molecule has 1 atom stereocenters. The number of likely N-dealkylation sites (tertiary alicyclic amines) is 1. The van der Waals surface area contributed by atoms with Gasteiger partial charge in [-0.15, -0.1) is 0 Å². The van der Waals surface area contributed by atoms with E-state index >= 15 is 0 Å². The number of aliphatic hydroxyl groups is 1. The summed E-state index contributed by atoms with van der Waals surface area (Å²) in [6.45, 7) is 6.43. The fourth-order valence-corrected chi connectivity index (χ4v) is 3.70. The summed E-state index contributed by atoms with van der Waals surface area (Å²) in [7, 11) is 0. The van der Waals surface area contributed by atoms with Crippen LogP contribution in [0.2, 0.25) is 0 Å². The summed E-state index contributed by atoms with van der Waals surface area (Å²) in [5.41, 5.74) is 1.12. The number of carbonyl (C=O) groups is 1. The van der Waals surface area contributed by atoms with Crippen molar-refractivity contribution in [2.45, 2.75) is 51.2 Å². The summed E-state index contributed by atoms with van der Waals surface area (Å²) in [6.07, 6.45) is 4.26. The molecule has 2 heterocycles. The quantitative estimate of drug-likeness (QED) is 0.901. The number of rotatable bonds is 3. The molecule has 5 nitrogen and oxygen atoms in total. The molecule has 2 fully saturated rings. The molecule has 126 valence electrons. The van der Waals surface area contributed by atoms with Gasteiger partial charge < -0.3 is 20.2 Å². The van der Waals surface area contributed by atoms with Gasteiger partial charge in [0.1, 0.15) is 0 Å². The van der Waals surface area contributed by atoms with Crippen molar-refractivity contribution in [1.29, 1.82) is 0 Å². The van der Waals surface area contributed by atoms with E-state index in [1.165, 1.54) is 18.5 Å². The number of anilines is 2. The molecule has 2 N–H and O–H groups in total. The Kier molecular flexibility index (Phi) is 4.48. The Morgan fingerprint density at radius 2 is 1.96 bits per heavy atom. The van der Waals surface area contributed by atoms with Gasteiger partial charge in [0.15, 0.2) is 0 Å². The van der Waals surface area contributed by atoms with Crippen LogP contribution in [0.3, 0.4) is 0 Å². The molecule has 2 aliphatic heterocycles. The largest absolute Gasteiger partial charge is 0.388 e. The van der Waals surface area contributed by atoms with Crippen LogP contribution in [0.1, 0.15) is 39.5 Å². The lowest BCUT2D eigenvalue weighted by Gasteiger charge is -2.33. The van der Waals surface area contributed by atoms with Crippen LogP contribution in [0.4, 0.5) is 16.2 Å². The fourth-order valence-electron chi connectivity index (χ4n) is 3.70. The lowest BCUT2D eigenvalue weighted by atomic mass is 9.97. The van der Waals surface area contributed by atoms with Crippen LogP contribution in [-0.4, -0.2) is 47.3 Å². The standard InChI is InChI=1S/C18H27N3O2/c1-18(2,23)16-9-6-12-21(16)17(22)19-14-7-5-8-15(13-14)20-10-3-4-11-20/h5,7-8,13,16,23H,3-4,6,9-12H2,1-2H3,(H,19,22). The van der Waals surface area contributed by atoms with Gasteiger partial charge in [0, 0.05) is 31.0 Å². The Morgan fingerprint density at radius 1 is 1.22 bits per heavy atom. The van der Waals surface area contributed by atoms with Gasteiger partial charge >= 0.3 is 6.03 Å². The van der Waals surface area contributed by atoms with E-state index in [1.807, 2.05) is 18.2 Å². The Hall–Kier alpha value is -1.75. The average Bonchev–Trinajstić information content (AvgIpc) is 3.18. The maximum absolute atomic E-state index is 12.6. The predicted octanol–water partition coefficient (Wildman–Crippen LogP) is 3.05. The highest BCUT2D eigenvalue weighted by Crippen LogP contribution is 2.28. The minimum absolute atomic E-state index is 0.117. The third kappa shape index (κ3) is 3.61. The van der Waals surface area contributed by atoms with E-state index in [-0.39, 0.29) is 12.1 Å². The predicted molar refractivity (Wildman–Crippen MR) is 92.9 cm³/mol. The lowest BCUT2D eigenvalue weighted by molar-refractivity contribution is 0.0117. The molecular weight excluding hydrogens is 290 g/mol. The monoisotopic (exact) mass is 317 g/mol. The van der Waals surface area contributed by atoms with Gasteiger partial charge in [-0.3, -0.25) is 0 Å². The van der Waals surface area contributed by atoms with E-state index in [0.717, 1.165) is 31.6 Å².